The number of carbonyl (C=O) groups is 1. The molecule has 20 heavy (non-hydrogen) atoms. The van der Waals surface area contributed by atoms with Gasteiger partial charge in [0.2, 0.25) is 0 Å². The molecule has 5 heteroatoms. The third-order valence-electron chi connectivity index (χ3n) is 3.12. The molecule has 1 aromatic carbocycles. The van der Waals surface area contributed by atoms with Gasteiger partial charge in [0, 0.05) is 5.69 Å². The number of anilines is 2. The number of benzene rings is 1. The average Bonchev–Trinajstić information content (AvgIpc) is 2.47. The summed E-state index contributed by atoms with van der Waals surface area (Å²) in [6, 6.07) is 11.0. The molecule has 0 bridgehead atoms. The zero-order valence-corrected chi connectivity index (χ0v) is 11.3. The Balaban J connectivity index is 2.07. The van der Waals surface area contributed by atoms with Gasteiger partial charge in [0.25, 0.3) is 5.91 Å². The molecule has 0 fully saturated rings. The molecule has 102 valence electrons. The maximum Gasteiger partial charge on any atom is 0.270 e. The maximum absolute atomic E-state index is 12.2. The lowest BCUT2D eigenvalue weighted by molar-refractivity contribution is -0.120. The third kappa shape index (κ3) is 2.07. The van der Waals surface area contributed by atoms with Gasteiger partial charge in [0.05, 0.1) is 12.8 Å². The first kappa shape index (κ1) is 12.5. The summed E-state index contributed by atoms with van der Waals surface area (Å²) in [7, 11) is 1.61. The number of carbonyl (C=O) groups excluding carboxylic acids is 1. The summed E-state index contributed by atoms with van der Waals surface area (Å²) in [5.74, 6) is 1.75. The minimum Gasteiger partial charge on any atom is -0.497 e. The Morgan fingerprint density at radius 2 is 1.95 bits per heavy atom. The van der Waals surface area contributed by atoms with E-state index in [2.05, 4.69) is 4.98 Å². The van der Waals surface area contributed by atoms with Crippen molar-refractivity contribution in [2.75, 3.05) is 18.6 Å². The van der Waals surface area contributed by atoms with Crippen LogP contribution in [0.3, 0.4) is 0 Å². The first-order chi connectivity index (χ1) is 9.69. The molecule has 0 aliphatic carbocycles. The van der Waals surface area contributed by atoms with Gasteiger partial charge < -0.3 is 9.47 Å². The van der Waals surface area contributed by atoms with E-state index in [1.165, 1.54) is 0 Å². The van der Waals surface area contributed by atoms with E-state index < -0.39 is 0 Å². The summed E-state index contributed by atoms with van der Waals surface area (Å²) in [6.07, 6.45) is 0. The van der Waals surface area contributed by atoms with Crippen LogP contribution in [-0.2, 0) is 4.79 Å². The van der Waals surface area contributed by atoms with Crippen LogP contribution in [-0.4, -0.2) is 24.6 Å². The summed E-state index contributed by atoms with van der Waals surface area (Å²) in [6.45, 7) is 1.90. The van der Waals surface area contributed by atoms with Crippen molar-refractivity contribution in [1.29, 1.82) is 0 Å². The first-order valence-electron chi connectivity index (χ1n) is 6.26. The first-order valence-corrected chi connectivity index (χ1v) is 6.26. The number of amides is 1. The Labute approximate surface area is 116 Å². The summed E-state index contributed by atoms with van der Waals surface area (Å²) >= 11 is 0. The maximum atomic E-state index is 12.2. The fourth-order valence-corrected chi connectivity index (χ4v) is 2.12. The highest BCUT2D eigenvalue weighted by Gasteiger charge is 2.28. The van der Waals surface area contributed by atoms with E-state index in [9.17, 15) is 4.79 Å². The zero-order valence-electron chi connectivity index (χ0n) is 11.3. The van der Waals surface area contributed by atoms with Crippen LogP contribution in [0, 0.1) is 6.92 Å². The van der Waals surface area contributed by atoms with Gasteiger partial charge in [0.15, 0.2) is 18.2 Å². The van der Waals surface area contributed by atoms with Crippen LogP contribution in [0.25, 0.3) is 0 Å². The van der Waals surface area contributed by atoms with E-state index in [1.807, 2.05) is 43.3 Å². The van der Waals surface area contributed by atoms with Crippen LogP contribution in [0.2, 0.25) is 0 Å². The summed E-state index contributed by atoms with van der Waals surface area (Å²) in [5, 5.41) is 0. The van der Waals surface area contributed by atoms with Crippen LogP contribution < -0.4 is 14.4 Å². The molecule has 1 amide bonds. The van der Waals surface area contributed by atoms with Crippen LogP contribution in [0.15, 0.2) is 36.4 Å². The second kappa shape index (κ2) is 4.85. The normalized spacial score (nSPS) is 13.7. The van der Waals surface area contributed by atoms with E-state index >= 15 is 0 Å². The smallest absolute Gasteiger partial charge is 0.270 e. The molecule has 3 rings (SSSR count). The molecule has 0 unspecified atom stereocenters. The molecule has 2 heterocycles. The van der Waals surface area contributed by atoms with E-state index in [0.717, 1.165) is 17.1 Å². The number of hydrogen-bond acceptors (Lipinski definition) is 4. The predicted molar refractivity (Wildman–Crippen MR) is 74.6 cm³/mol. The third-order valence-corrected chi connectivity index (χ3v) is 3.12. The molecule has 2 aromatic rings. The summed E-state index contributed by atoms with van der Waals surface area (Å²) in [4.78, 5) is 18.1. The molecule has 1 aliphatic rings. The van der Waals surface area contributed by atoms with E-state index in [4.69, 9.17) is 9.47 Å². The highest BCUT2D eigenvalue weighted by molar-refractivity contribution is 6.03. The average molecular weight is 270 g/mol. The quantitative estimate of drug-likeness (QED) is 0.841. The number of pyridine rings is 1. The van der Waals surface area contributed by atoms with E-state index in [-0.39, 0.29) is 12.5 Å². The lowest BCUT2D eigenvalue weighted by Crippen LogP contribution is -2.35. The van der Waals surface area contributed by atoms with Gasteiger partial charge in [-0.15, -0.1) is 0 Å². The molecule has 0 saturated carbocycles. The van der Waals surface area contributed by atoms with Crippen molar-refractivity contribution >= 4 is 17.4 Å². The van der Waals surface area contributed by atoms with Crippen molar-refractivity contribution in [2.45, 2.75) is 6.92 Å². The van der Waals surface area contributed by atoms with Crippen molar-refractivity contribution in [3.05, 3.63) is 42.1 Å². The SMILES string of the molecule is COc1ccc(N2C(=O)COc3ccc(C)nc32)cc1. The Hall–Kier alpha value is -2.56. The van der Waals surface area contributed by atoms with Gasteiger partial charge in [-0.2, -0.15) is 0 Å². The van der Waals surface area contributed by atoms with E-state index in [1.54, 1.807) is 12.0 Å². The monoisotopic (exact) mass is 270 g/mol. The number of nitrogens with zero attached hydrogens (tertiary/aromatic N) is 2. The zero-order chi connectivity index (χ0) is 14.1. The molecular weight excluding hydrogens is 256 g/mol. The Morgan fingerprint density at radius 3 is 2.65 bits per heavy atom. The number of aromatic nitrogens is 1. The van der Waals surface area contributed by atoms with E-state index in [0.29, 0.717) is 11.6 Å². The molecule has 0 spiro atoms. The van der Waals surface area contributed by atoms with Crippen molar-refractivity contribution in [3.8, 4) is 11.5 Å². The predicted octanol–water partition coefficient (Wildman–Crippen LogP) is 2.46. The van der Waals surface area contributed by atoms with Crippen LogP contribution in [0.1, 0.15) is 5.69 Å². The second-order valence-corrected chi connectivity index (χ2v) is 4.49. The molecule has 0 saturated heterocycles. The minimum absolute atomic E-state index is 0.0176. The highest BCUT2D eigenvalue weighted by Crippen LogP contribution is 2.35. The summed E-state index contributed by atoms with van der Waals surface area (Å²) in [5.41, 5.74) is 1.58. The van der Waals surface area contributed by atoms with Gasteiger partial charge >= 0.3 is 0 Å². The van der Waals surface area contributed by atoms with Crippen LogP contribution >= 0.6 is 0 Å². The van der Waals surface area contributed by atoms with Crippen LogP contribution in [0.5, 0.6) is 11.5 Å². The Morgan fingerprint density at radius 1 is 1.20 bits per heavy atom. The number of ether oxygens (including phenoxy) is 2. The number of rotatable bonds is 2. The standard InChI is InChI=1S/C15H14N2O3/c1-10-3-8-13-15(16-10)17(14(18)9-20-13)11-4-6-12(19-2)7-5-11/h3-8H,9H2,1-2H3. The van der Waals surface area contributed by atoms with Crippen molar-refractivity contribution in [1.82, 2.24) is 4.98 Å². The largest absolute Gasteiger partial charge is 0.497 e. The van der Waals surface area contributed by atoms with Crippen LogP contribution in [0.4, 0.5) is 11.5 Å². The van der Waals surface area contributed by atoms with Gasteiger partial charge in [-0.05, 0) is 43.3 Å². The fraction of sp³-hybridized carbons (Fsp3) is 0.200. The van der Waals surface area contributed by atoms with Gasteiger partial charge in [-0.1, -0.05) is 0 Å². The second-order valence-electron chi connectivity index (χ2n) is 4.49. The number of fused-ring (bicyclic) bond motifs is 1. The molecule has 5 nitrogen and oxygen atoms in total. The minimum atomic E-state index is -0.138. The fourth-order valence-electron chi connectivity index (χ4n) is 2.12. The lowest BCUT2D eigenvalue weighted by atomic mass is 10.2. The van der Waals surface area contributed by atoms with Gasteiger partial charge in [-0.3, -0.25) is 9.69 Å². The molecule has 0 N–H and O–H groups in total. The number of hydrogen-bond donors (Lipinski definition) is 0. The van der Waals surface area contributed by atoms with Crippen molar-refractivity contribution in [2.24, 2.45) is 0 Å². The number of methoxy groups -OCH3 is 1. The Kier molecular flexibility index (Phi) is 3.02. The van der Waals surface area contributed by atoms with Gasteiger partial charge in [0.1, 0.15) is 5.75 Å². The topological polar surface area (TPSA) is 51.7 Å². The van der Waals surface area contributed by atoms with Crippen molar-refractivity contribution in [3.63, 3.8) is 0 Å². The molecule has 1 aliphatic heterocycles. The molecular formula is C15H14N2O3. The van der Waals surface area contributed by atoms with Gasteiger partial charge in [-0.25, -0.2) is 4.98 Å². The molecule has 1 aromatic heterocycles. The highest BCUT2D eigenvalue weighted by atomic mass is 16.5. The summed E-state index contributed by atoms with van der Waals surface area (Å²) < 4.78 is 10.5. The van der Waals surface area contributed by atoms with Crippen molar-refractivity contribution < 1.29 is 14.3 Å². The Bertz CT molecular complexity index is 653. The molecule has 0 atom stereocenters. The molecule has 0 radical (unpaired) electrons. The number of aryl methyl sites for hydroxylation is 1. The lowest BCUT2D eigenvalue weighted by Gasteiger charge is -2.28.